The fraction of sp³-hybridized carbons (Fsp3) is 0.500. The van der Waals surface area contributed by atoms with Crippen LogP contribution in [0.15, 0.2) is 40.8 Å². The summed E-state index contributed by atoms with van der Waals surface area (Å²) in [5.41, 5.74) is 8.50. The van der Waals surface area contributed by atoms with Gasteiger partial charge in [-0.3, -0.25) is 0 Å². The Morgan fingerprint density at radius 2 is 1.93 bits per heavy atom. The Kier molecular flexibility index (Phi) is 10.7. The minimum atomic E-state index is 0. The first-order valence-corrected chi connectivity index (χ1v) is 10.6. The van der Waals surface area contributed by atoms with Crippen LogP contribution in [0.5, 0.6) is 0 Å². The monoisotopic (exact) mass is 531 g/mol. The van der Waals surface area contributed by atoms with Crippen LogP contribution in [0.1, 0.15) is 18.1 Å². The number of piperazine rings is 1. The van der Waals surface area contributed by atoms with Gasteiger partial charge in [0.25, 0.3) is 0 Å². The Bertz CT molecular complexity index is 736. The van der Waals surface area contributed by atoms with Crippen molar-refractivity contribution in [1.82, 2.24) is 9.88 Å². The van der Waals surface area contributed by atoms with Crippen LogP contribution in [-0.4, -0.2) is 61.8 Å². The minimum absolute atomic E-state index is 0. The van der Waals surface area contributed by atoms with Crippen molar-refractivity contribution >= 4 is 46.4 Å². The molecule has 1 aliphatic heterocycles. The predicted molar refractivity (Wildman–Crippen MR) is 129 cm³/mol. The highest BCUT2D eigenvalue weighted by atomic mass is 127. The number of halogens is 1. The molecule has 0 amide bonds. The van der Waals surface area contributed by atoms with Gasteiger partial charge in [0.2, 0.25) is 0 Å². The van der Waals surface area contributed by atoms with E-state index in [1.54, 1.807) is 11.3 Å². The van der Waals surface area contributed by atoms with Crippen molar-refractivity contribution in [2.45, 2.75) is 20.1 Å². The molecule has 0 saturated carbocycles. The molecule has 29 heavy (non-hydrogen) atoms. The number of nitrogens with zero attached hydrogens (tertiary/aromatic N) is 4. The van der Waals surface area contributed by atoms with Crippen molar-refractivity contribution in [2.24, 2.45) is 10.7 Å². The summed E-state index contributed by atoms with van der Waals surface area (Å²) in [6, 6.07) is 8.29. The van der Waals surface area contributed by atoms with Crippen LogP contribution in [0.3, 0.4) is 0 Å². The van der Waals surface area contributed by atoms with Crippen LogP contribution in [0.4, 0.5) is 5.13 Å². The number of hydrogen-bond acceptors (Lipinski definition) is 6. The molecule has 0 spiro atoms. The standard InChI is InChI=1S/C20H29N5O2S.HI/c1-2-26-11-12-27-16-18-5-3-4-17(14-18)15-23-19(21)24-7-9-25(10-8-24)20-22-6-13-28-20;/h3-6,13-14H,2,7-12,15-16H2,1H3,(H2,21,23);1H. The number of rotatable bonds is 9. The van der Waals surface area contributed by atoms with E-state index in [0.29, 0.717) is 32.3 Å². The van der Waals surface area contributed by atoms with Gasteiger partial charge in [-0.25, -0.2) is 9.98 Å². The summed E-state index contributed by atoms with van der Waals surface area (Å²) in [4.78, 5) is 13.4. The number of nitrogens with two attached hydrogens (primary N) is 1. The van der Waals surface area contributed by atoms with Crippen LogP contribution >= 0.6 is 35.3 Å². The fourth-order valence-corrected chi connectivity index (χ4v) is 3.74. The third-order valence-corrected chi connectivity index (χ3v) is 5.39. The predicted octanol–water partition coefficient (Wildman–Crippen LogP) is 2.95. The number of aliphatic imine (C=N–C) groups is 1. The first kappa shape index (κ1) is 23.8. The molecule has 3 rings (SSSR count). The third kappa shape index (κ3) is 7.72. The number of anilines is 1. The molecule has 1 aliphatic rings. The topological polar surface area (TPSA) is 76.2 Å². The lowest BCUT2D eigenvalue weighted by Crippen LogP contribution is -2.51. The van der Waals surface area contributed by atoms with Crippen LogP contribution in [0, 0.1) is 0 Å². The van der Waals surface area contributed by atoms with Gasteiger partial charge in [0.05, 0.1) is 26.4 Å². The Morgan fingerprint density at radius 3 is 2.66 bits per heavy atom. The maximum absolute atomic E-state index is 6.23. The third-order valence-electron chi connectivity index (χ3n) is 4.55. The molecule has 0 atom stereocenters. The van der Waals surface area contributed by atoms with Crippen LogP contribution in [0.2, 0.25) is 0 Å². The molecule has 9 heteroatoms. The number of hydrogen-bond donors (Lipinski definition) is 1. The molecule has 2 aromatic rings. The highest BCUT2D eigenvalue weighted by Gasteiger charge is 2.19. The zero-order valence-corrected chi connectivity index (χ0v) is 20.0. The van der Waals surface area contributed by atoms with E-state index < -0.39 is 0 Å². The van der Waals surface area contributed by atoms with Gasteiger partial charge in [0.15, 0.2) is 11.1 Å². The Labute approximate surface area is 193 Å². The SMILES string of the molecule is CCOCCOCc1cccc(CN=C(N)N2CCN(c3nccs3)CC2)c1.I. The second kappa shape index (κ2) is 13.0. The first-order valence-electron chi connectivity index (χ1n) is 9.69. The van der Waals surface area contributed by atoms with Gasteiger partial charge in [-0.2, -0.15) is 0 Å². The van der Waals surface area contributed by atoms with Gasteiger partial charge in [0.1, 0.15) is 0 Å². The molecule has 2 N–H and O–H groups in total. The van der Waals surface area contributed by atoms with Crippen LogP contribution in [-0.2, 0) is 22.6 Å². The van der Waals surface area contributed by atoms with Crippen molar-refractivity contribution in [3.63, 3.8) is 0 Å². The fourth-order valence-electron chi connectivity index (χ4n) is 3.04. The maximum Gasteiger partial charge on any atom is 0.191 e. The highest BCUT2D eigenvalue weighted by molar-refractivity contribution is 14.0. The first-order chi connectivity index (χ1) is 13.8. The van der Waals surface area contributed by atoms with Crippen molar-refractivity contribution < 1.29 is 9.47 Å². The number of guanidine groups is 1. The number of benzene rings is 1. The van der Waals surface area contributed by atoms with Crippen LogP contribution in [0.25, 0.3) is 0 Å². The normalized spacial score (nSPS) is 14.7. The lowest BCUT2D eigenvalue weighted by Gasteiger charge is -2.35. The van der Waals surface area contributed by atoms with E-state index in [1.807, 2.05) is 24.6 Å². The minimum Gasteiger partial charge on any atom is -0.379 e. The maximum atomic E-state index is 6.23. The molecule has 0 bridgehead atoms. The van der Waals surface area contributed by atoms with Crippen molar-refractivity contribution in [1.29, 1.82) is 0 Å². The molecule has 0 aliphatic carbocycles. The van der Waals surface area contributed by atoms with Crippen molar-refractivity contribution in [3.8, 4) is 0 Å². The smallest absolute Gasteiger partial charge is 0.191 e. The summed E-state index contributed by atoms with van der Waals surface area (Å²) in [7, 11) is 0. The molecular formula is C20H30IN5O2S. The van der Waals surface area contributed by atoms with Gasteiger partial charge in [-0.1, -0.05) is 24.3 Å². The lowest BCUT2D eigenvalue weighted by molar-refractivity contribution is 0.0453. The number of ether oxygens (including phenoxy) is 2. The van der Waals surface area contributed by atoms with Crippen molar-refractivity contribution in [2.75, 3.05) is 50.9 Å². The average Bonchev–Trinajstić information content (AvgIpc) is 3.27. The zero-order chi connectivity index (χ0) is 19.6. The van der Waals surface area contributed by atoms with Gasteiger partial charge in [0, 0.05) is 44.4 Å². The summed E-state index contributed by atoms with van der Waals surface area (Å²) in [5, 5.41) is 3.09. The average molecular weight is 531 g/mol. The van der Waals surface area contributed by atoms with Gasteiger partial charge < -0.3 is 25.0 Å². The second-order valence-corrected chi connectivity index (χ2v) is 7.41. The van der Waals surface area contributed by atoms with E-state index in [2.05, 4.69) is 38.0 Å². The summed E-state index contributed by atoms with van der Waals surface area (Å²) >= 11 is 1.67. The van der Waals surface area contributed by atoms with Crippen molar-refractivity contribution in [3.05, 3.63) is 47.0 Å². The van der Waals surface area contributed by atoms with Crippen LogP contribution < -0.4 is 10.6 Å². The molecule has 0 unspecified atom stereocenters. The Hall–Kier alpha value is -1.43. The molecule has 1 saturated heterocycles. The number of aromatic nitrogens is 1. The zero-order valence-electron chi connectivity index (χ0n) is 16.8. The highest BCUT2D eigenvalue weighted by Crippen LogP contribution is 2.18. The molecule has 0 radical (unpaired) electrons. The van der Waals surface area contributed by atoms with E-state index in [-0.39, 0.29) is 24.0 Å². The molecule has 2 heterocycles. The van der Waals surface area contributed by atoms with Gasteiger partial charge in [-0.05, 0) is 18.1 Å². The summed E-state index contributed by atoms with van der Waals surface area (Å²) < 4.78 is 10.9. The molecule has 1 aromatic heterocycles. The molecule has 1 fully saturated rings. The lowest BCUT2D eigenvalue weighted by atomic mass is 10.1. The Balaban J connectivity index is 0.00000300. The van der Waals surface area contributed by atoms with Gasteiger partial charge >= 0.3 is 0 Å². The Morgan fingerprint density at radius 1 is 1.17 bits per heavy atom. The van der Waals surface area contributed by atoms with E-state index in [1.165, 1.54) is 0 Å². The summed E-state index contributed by atoms with van der Waals surface area (Å²) in [6.45, 7) is 8.66. The molecule has 160 valence electrons. The number of thiazole rings is 1. The molecule has 1 aromatic carbocycles. The van der Waals surface area contributed by atoms with E-state index >= 15 is 0 Å². The summed E-state index contributed by atoms with van der Waals surface area (Å²) in [6.07, 6.45) is 1.85. The van der Waals surface area contributed by atoms with Gasteiger partial charge in [-0.15, -0.1) is 35.3 Å². The van der Waals surface area contributed by atoms with E-state index in [0.717, 1.165) is 49.0 Å². The van der Waals surface area contributed by atoms with E-state index in [4.69, 9.17) is 15.2 Å². The molecule has 7 nitrogen and oxygen atoms in total. The second-order valence-electron chi connectivity index (χ2n) is 6.53. The van der Waals surface area contributed by atoms with E-state index in [9.17, 15) is 0 Å². The molecular weight excluding hydrogens is 501 g/mol. The summed E-state index contributed by atoms with van der Waals surface area (Å²) in [5.74, 6) is 0.608. The quantitative estimate of drug-likeness (QED) is 0.232. The largest absolute Gasteiger partial charge is 0.379 e.